The molecule has 3 rings (SSSR count). The number of pyridine rings is 2. The van der Waals surface area contributed by atoms with E-state index in [1.54, 1.807) is 23.0 Å². The van der Waals surface area contributed by atoms with Crippen molar-refractivity contribution in [1.82, 2.24) is 9.55 Å². The first kappa shape index (κ1) is 11.8. The van der Waals surface area contributed by atoms with Gasteiger partial charge in [-0.25, -0.2) is 0 Å². The number of Topliss-reactive ketones (excluding diaryl/α,β-unsaturated/α-hetero) is 1. The second-order valence-corrected chi connectivity index (χ2v) is 4.76. The minimum absolute atomic E-state index is 0.0581. The molecule has 0 amide bonds. The molecule has 0 aliphatic heterocycles. The van der Waals surface area contributed by atoms with E-state index in [0.717, 1.165) is 24.1 Å². The lowest BCUT2D eigenvalue weighted by Gasteiger charge is -2.19. The Morgan fingerprint density at radius 1 is 1.16 bits per heavy atom. The fraction of sp³-hybridized carbons (Fsp3) is 0.267. The molecule has 2 heterocycles. The molecule has 0 spiro atoms. The molecule has 4 nitrogen and oxygen atoms in total. The Kier molecular flexibility index (Phi) is 2.99. The molecule has 0 unspecified atom stereocenters. The first-order valence-corrected chi connectivity index (χ1v) is 6.40. The number of carbonyl (C=O) groups excluding carboxylic acids is 1. The molecule has 19 heavy (non-hydrogen) atoms. The van der Waals surface area contributed by atoms with Crippen LogP contribution in [0.5, 0.6) is 0 Å². The number of rotatable bonds is 2. The molecule has 0 saturated carbocycles. The molecule has 1 aliphatic carbocycles. The van der Waals surface area contributed by atoms with Gasteiger partial charge in [0, 0.05) is 36.1 Å². The maximum atomic E-state index is 12.0. The van der Waals surface area contributed by atoms with Crippen LogP contribution in [0.4, 0.5) is 0 Å². The van der Waals surface area contributed by atoms with Crippen LogP contribution < -0.4 is 5.56 Å². The van der Waals surface area contributed by atoms with Crippen LogP contribution in [-0.4, -0.2) is 15.3 Å². The van der Waals surface area contributed by atoms with Crippen molar-refractivity contribution in [3.8, 4) is 0 Å². The van der Waals surface area contributed by atoms with Gasteiger partial charge in [-0.05, 0) is 30.5 Å². The summed E-state index contributed by atoms with van der Waals surface area (Å²) in [6.07, 6.45) is 5.64. The molecule has 2 aromatic rings. The molecule has 0 bridgehead atoms. The maximum absolute atomic E-state index is 12.0. The highest BCUT2D eigenvalue weighted by Crippen LogP contribution is 2.20. The molecule has 2 aromatic heterocycles. The lowest BCUT2D eigenvalue weighted by Crippen LogP contribution is -2.28. The fourth-order valence-electron chi connectivity index (χ4n) is 2.54. The fourth-order valence-corrected chi connectivity index (χ4v) is 2.54. The molecule has 0 fully saturated rings. The molecule has 0 aromatic carbocycles. The summed E-state index contributed by atoms with van der Waals surface area (Å²) in [5.41, 5.74) is 2.48. The zero-order chi connectivity index (χ0) is 13.2. The molecule has 4 heteroatoms. The monoisotopic (exact) mass is 254 g/mol. The minimum Gasteiger partial charge on any atom is -0.307 e. The van der Waals surface area contributed by atoms with Gasteiger partial charge in [-0.15, -0.1) is 0 Å². The molecule has 96 valence electrons. The third kappa shape index (κ3) is 2.21. The number of aromatic nitrogens is 2. The van der Waals surface area contributed by atoms with Gasteiger partial charge in [-0.2, -0.15) is 0 Å². The quantitative estimate of drug-likeness (QED) is 0.821. The van der Waals surface area contributed by atoms with E-state index in [1.807, 2.05) is 12.1 Å². The Bertz CT molecular complexity index is 674. The average Bonchev–Trinajstić information content (AvgIpc) is 2.43. The third-order valence-electron chi connectivity index (χ3n) is 3.48. The average molecular weight is 254 g/mol. The first-order chi connectivity index (χ1) is 9.25. The van der Waals surface area contributed by atoms with Crippen LogP contribution in [0.3, 0.4) is 0 Å². The lowest BCUT2D eigenvalue weighted by atomic mass is 9.94. The zero-order valence-corrected chi connectivity index (χ0v) is 10.5. The Balaban J connectivity index is 2.08. The van der Waals surface area contributed by atoms with E-state index in [0.29, 0.717) is 18.5 Å². The summed E-state index contributed by atoms with van der Waals surface area (Å²) in [7, 11) is 0. The van der Waals surface area contributed by atoms with E-state index in [-0.39, 0.29) is 11.3 Å². The Morgan fingerprint density at radius 2 is 2.05 bits per heavy atom. The largest absolute Gasteiger partial charge is 0.307 e. The van der Waals surface area contributed by atoms with Crippen LogP contribution in [0.1, 0.15) is 34.5 Å². The highest BCUT2D eigenvalue weighted by Gasteiger charge is 2.20. The normalized spacial score (nSPS) is 14.2. The molecule has 0 saturated heterocycles. The van der Waals surface area contributed by atoms with E-state index >= 15 is 0 Å². The van der Waals surface area contributed by atoms with E-state index in [4.69, 9.17) is 0 Å². The molecular weight excluding hydrogens is 240 g/mol. The summed E-state index contributed by atoms with van der Waals surface area (Å²) in [5, 5.41) is 0. The van der Waals surface area contributed by atoms with Crippen molar-refractivity contribution < 1.29 is 4.79 Å². The van der Waals surface area contributed by atoms with E-state index in [2.05, 4.69) is 4.98 Å². The van der Waals surface area contributed by atoms with E-state index in [9.17, 15) is 9.59 Å². The first-order valence-electron chi connectivity index (χ1n) is 6.40. The van der Waals surface area contributed by atoms with Gasteiger partial charge in [0.1, 0.15) is 0 Å². The Labute approximate surface area is 110 Å². The number of fused-ring (bicyclic) bond motifs is 1. The van der Waals surface area contributed by atoms with Gasteiger partial charge in [0.05, 0.1) is 6.54 Å². The van der Waals surface area contributed by atoms with Gasteiger partial charge in [-0.1, -0.05) is 6.07 Å². The maximum Gasteiger partial charge on any atom is 0.251 e. The van der Waals surface area contributed by atoms with Crippen molar-refractivity contribution in [3.05, 3.63) is 63.8 Å². The number of ketones is 1. The Hall–Kier alpha value is -2.23. The topological polar surface area (TPSA) is 52.0 Å². The summed E-state index contributed by atoms with van der Waals surface area (Å²) in [4.78, 5) is 28.0. The van der Waals surface area contributed by atoms with Crippen molar-refractivity contribution in [2.45, 2.75) is 25.8 Å². The third-order valence-corrected chi connectivity index (χ3v) is 3.48. The number of hydrogen-bond donors (Lipinski definition) is 0. The summed E-state index contributed by atoms with van der Waals surface area (Å²) in [5.74, 6) is 0.140. The molecular formula is C15H14N2O2. The highest BCUT2D eigenvalue weighted by molar-refractivity contribution is 5.97. The second kappa shape index (κ2) is 4.80. The second-order valence-electron chi connectivity index (χ2n) is 4.76. The molecule has 1 aliphatic rings. The summed E-state index contributed by atoms with van der Waals surface area (Å²) < 4.78 is 1.70. The van der Waals surface area contributed by atoms with E-state index in [1.165, 1.54) is 6.07 Å². The van der Waals surface area contributed by atoms with Crippen molar-refractivity contribution in [2.24, 2.45) is 0 Å². The van der Waals surface area contributed by atoms with Crippen molar-refractivity contribution in [3.63, 3.8) is 0 Å². The van der Waals surface area contributed by atoms with Gasteiger partial charge >= 0.3 is 0 Å². The Morgan fingerprint density at radius 3 is 2.84 bits per heavy atom. The van der Waals surface area contributed by atoms with Crippen LogP contribution >= 0.6 is 0 Å². The number of nitrogens with zero attached hydrogens (tertiary/aromatic N) is 2. The van der Waals surface area contributed by atoms with Crippen molar-refractivity contribution >= 4 is 5.78 Å². The number of carbonyl (C=O) groups is 1. The summed E-state index contributed by atoms with van der Waals surface area (Å²) >= 11 is 0. The lowest BCUT2D eigenvalue weighted by molar-refractivity contribution is 0.0970. The van der Waals surface area contributed by atoms with Gasteiger partial charge in [-0.3, -0.25) is 14.6 Å². The smallest absolute Gasteiger partial charge is 0.251 e. The van der Waals surface area contributed by atoms with Crippen LogP contribution in [0.2, 0.25) is 0 Å². The summed E-state index contributed by atoms with van der Waals surface area (Å²) in [6, 6.07) is 6.93. The molecule has 0 radical (unpaired) electrons. The number of hydrogen-bond acceptors (Lipinski definition) is 3. The highest BCUT2D eigenvalue weighted by atomic mass is 16.1. The van der Waals surface area contributed by atoms with Crippen LogP contribution in [-0.2, 0) is 13.0 Å². The predicted octanol–water partition coefficient (Wildman–Crippen LogP) is 1.81. The van der Waals surface area contributed by atoms with Gasteiger partial charge in [0.25, 0.3) is 5.56 Å². The summed E-state index contributed by atoms with van der Waals surface area (Å²) in [6.45, 7) is 0.475. The predicted molar refractivity (Wildman–Crippen MR) is 71.3 cm³/mol. The van der Waals surface area contributed by atoms with Crippen LogP contribution in [0.25, 0.3) is 0 Å². The van der Waals surface area contributed by atoms with E-state index < -0.39 is 0 Å². The standard InChI is InChI=1S/C15H14N2O2/c18-14-5-1-4-13-12(14)6-7-15(19)17(13)10-11-3-2-8-16-9-11/h2-3,6-9H,1,4-5,10H2. The van der Waals surface area contributed by atoms with Crippen LogP contribution in [0, 0.1) is 0 Å². The van der Waals surface area contributed by atoms with Crippen molar-refractivity contribution in [1.29, 1.82) is 0 Å². The minimum atomic E-state index is -0.0581. The molecule has 0 N–H and O–H groups in total. The van der Waals surface area contributed by atoms with Gasteiger partial charge in [0.2, 0.25) is 0 Å². The SMILES string of the molecule is O=C1CCCc2c1ccc(=O)n2Cc1cccnc1. The van der Waals surface area contributed by atoms with Gasteiger partial charge in [0.15, 0.2) is 5.78 Å². The van der Waals surface area contributed by atoms with Gasteiger partial charge < -0.3 is 4.57 Å². The van der Waals surface area contributed by atoms with Crippen molar-refractivity contribution in [2.75, 3.05) is 0 Å². The zero-order valence-electron chi connectivity index (χ0n) is 10.5. The molecule has 0 atom stereocenters. The van der Waals surface area contributed by atoms with Crippen LogP contribution in [0.15, 0.2) is 41.5 Å².